The zero-order valence-electron chi connectivity index (χ0n) is 11.7. The molecule has 0 saturated heterocycles. The van der Waals surface area contributed by atoms with E-state index in [0.717, 1.165) is 31.9 Å². The lowest BCUT2D eigenvalue weighted by Crippen LogP contribution is -2.33. The van der Waals surface area contributed by atoms with Gasteiger partial charge in [-0.25, -0.2) is 0 Å². The monoisotopic (exact) mass is 262 g/mol. The lowest BCUT2D eigenvalue weighted by atomic mass is 10.3. The fourth-order valence-electron chi connectivity index (χ4n) is 1.92. The lowest BCUT2D eigenvalue weighted by molar-refractivity contribution is 0.0750. The maximum Gasteiger partial charge on any atom is 0.274 e. The number of hydrogen-bond donors (Lipinski definition) is 1. The molecular formula is C14H22N4O. The van der Waals surface area contributed by atoms with Gasteiger partial charge in [0.2, 0.25) is 0 Å². The van der Waals surface area contributed by atoms with E-state index in [2.05, 4.69) is 22.4 Å². The van der Waals surface area contributed by atoms with Crippen molar-refractivity contribution in [1.29, 1.82) is 0 Å². The van der Waals surface area contributed by atoms with Crippen molar-refractivity contribution in [3.8, 4) is 0 Å². The SMILES string of the molecule is CCCNc1ccc(C(=O)N(CC)CC2CC2)nn1. The van der Waals surface area contributed by atoms with Crippen molar-refractivity contribution in [1.82, 2.24) is 15.1 Å². The summed E-state index contributed by atoms with van der Waals surface area (Å²) in [7, 11) is 0. The number of anilines is 1. The van der Waals surface area contributed by atoms with Crippen LogP contribution in [-0.4, -0.2) is 40.6 Å². The summed E-state index contributed by atoms with van der Waals surface area (Å²) in [5, 5.41) is 11.2. The van der Waals surface area contributed by atoms with Crippen LogP contribution in [-0.2, 0) is 0 Å². The first-order chi connectivity index (χ1) is 9.24. The average Bonchev–Trinajstić information content (AvgIpc) is 3.26. The van der Waals surface area contributed by atoms with Crippen molar-refractivity contribution >= 4 is 11.7 Å². The van der Waals surface area contributed by atoms with E-state index >= 15 is 0 Å². The molecule has 1 aromatic heterocycles. The van der Waals surface area contributed by atoms with Crippen LogP contribution in [0, 0.1) is 5.92 Å². The van der Waals surface area contributed by atoms with Crippen molar-refractivity contribution in [2.45, 2.75) is 33.1 Å². The molecule has 5 nitrogen and oxygen atoms in total. The molecule has 0 atom stereocenters. The summed E-state index contributed by atoms with van der Waals surface area (Å²) >= 11 is 0. The van der Waals surface area contributed by atoms with Gasteiger partial charge < -0.3 is 10.2 Å². The molecule has 1 amide bonds. The van der Waals surface area contributed by atoms with E-state index in [-0.39, 0.29) is 5.91 Å². The van der Waals surface area contributed by atoms with Gasteiger partial charge in [0.25, 0.3) is 5.91 Å². The van der Waals surface area contributed by atoms with Crippen molar-refractivity contribution < 1.29 is 4.79 Å². The molecule has 1 saturated carbocycles. The lowest BCUT2D eigenvalue weighted by Gasteiger charge is -2.19. The van der Waals surface area contributed by atoms with Gasteiger partial charge in [-0.05, 0) is 44.2 Å². The van der Waals surface area contributed by atoms with Gasteiger partial charge in [-0.2, -0.15) is 0 Å². The molecule has 1 heterocycles. The van der Waals surface area contributed by atoms with Crippen LogP contribution < -0.4 is 5.32 Å². The van der Waals surface area contributed by atoms with Gasteiger partial charge in [0.15, 0.2) is 5.69 Å². The molecule has 104 valence electrons. The second kappa shape index (κ2) is 6.50. The minimum Gasteiger partial charge on any atom is -0.369 e. The number of rotatable bonds is 7. The molecule has 0 unspecified atom stereocenters. The van der Waals surface area contributed by atoms with Crippen LogP contribution in [0.4, 0.5) is 5.82 Å². The minimum atomic E-state index is -0.0102. The Morgan fingerprint density at radius 3 is 2.68 bits per heavy atom. The van der Waals surface area contributed by atoms with Crippen molar-refractivity contribution in [2.75, 3.05) is 25.0 Å². The molecule has 0 radical (unpaired) electrons. The summed E-state index contributed by atoms with van der Waals surface area (Å²) in [6.07, 6.45) is 3.53. The van der Waals surface area contributed by atoms with Crippen LogP contribution in [0.2, 0.25) is 0 Å². The van der Waals surface area contributed by atoms with E-state index < -0.39 is 0 Å². The van der Waals surface area contributed by atoms with Crippen molar-refractivity contribution in [3.63, 3.8) is 0 Å². The third-order valence-corrected chi connectivity index (χ3v) is 3.28. The smallest absolute Gasteiger partial charge is 0.274 e. The summed E-state index contributed by atoms with van der Waals surface area (Å²) < 4.78 is 0. The summed E-state index contributed by atoms with van der Waals surface area (Å²) in [5.41, 5.74) is 0.435. The van der Waals surface area contributed by atoms with Crippen LogP contribution in [0.1, 0.15) is 43.6 Å². The number of carbonyl (C=O) groups excluding carboxylic acids is 1. The maximum absolute atomic E-state index is 12.3. The molecule has 1 aliphatic rings. The predicted octanol–water partition coefficient (Wildman–Crippen LogP) is 2.17. The molecule has 0 aliphatic heterocycles. The predicted molar refractivity (Wildman–Crippen MR) is 75.1 cm³/mol. The summed E-state index contributed by atoms with van der Waals surface area (Å²) in [5.74, 6) is 1.41. The maximum atomic E-state index is 12.3. The number of aromatic nitrogens is 2. The first-order valence-corrected chi connectivity index (χ1v) is 7.11. The van der Waals surface area contributed by atoms with Gasteiger partial charge in [0, 0.05) is 19.6 Å². The fraction of sp³-hybridized carbons (Fsp3) is 0.643. The first kappa shape index (κ1) is 13.8. The summed E-state index contributed by atoms with van der Waals surface area (Å²) in [6.45, 7) is 6.55. The Bertz CT molecular complexity index is 414. The van der Waals surface area contributed by atoms with Gasteiger partial charge >= 0.3 is 0 Å². The Balaban J connectivity index is 1.96. The van der Waals surface area contributed by atoms with Gasteiger partial charge in [-0.1, -0.05) is 6.92 Å². The third-order valence-electron chi connectivity index (χ3n) is 3.28. The van der Waals surface area contributed by atoms with E-state index in [1.165, 1.54) is 12.8 Å². The van der Waals surface area contributed by atoms with Crippen LogP contribution >= 0.6 is 0 Å². The van der Waals surface area contributed by atoms with Crippen LogP contribution in [0.5, 0.6) is 0 Å². The molecule has 0 aromatic carbocycles. The molecule has 0 spiro atoms. The van der Waals surface area contributed by atoms with E-state index in [1.54, 1.807) is 6.07 Å². The Morgan fingerprint density at radius 1 is 1.37 bits per heavy atom. The topological polar surface area (TPSA) is 58.1 Å². The second-order valence-corrected chi connectivity index (χ2v) is 5.02. The molecule has 19 heavy (non-hydrogen) atoms. The summed E-state index contributed by atoms with van der Waals surface area (Å²) in [4.78, 5) is 14.1. The van der Waals surface area contributed by atoms with Gasteiger partial charge in [0.05, 0.1) is 0 Å². The second-order valence-electron chi connectivity index (χ2n) is 5.02. The van der Waals surface area contributed by atoms with E-state index in [4.69, 9.17) is 0 Å². The zero-order valence-corrected chi connectivity index (χ0v) is 11.7. The van der Waals surface area contributed by atoms with Crippen LogP contribution in [0.3, 0.4) is 0 Å². The van der Waals surface area contributed by atoms with E-state index in [9.17, 15) is 4.79 Å². The molecule has 1 aliphatic carbocycles. The number of amides is 1. The zero-order chi connectivity index (χ0) is 13.7. The number of nitrogens with zero attached hydrogens (tertiary/aromatic N) is 3. The molecule has 0 bridgehead atoms. The highest BCUT2D eigenvalue weighted by atomic mass is 16.2. The highest BCUT2D eigenvalue weighted by Gasteiger charge is 2.27. The molecule has 2 rings (SSSR count). The quantitative estimate of drug-likeness (QED) is 0.818. The summed E-state index contributed by atoms with van der Waals surface area (Å²) in [6, 6.07) is 3.57. The Labute approximate surface area is 114 Å². The number of hydrogen-bond acceptors (Lipinski definition) is 4. The Kier molecular flexibility index (Phi) is 4.71. The average molecular weight is 262 g/mol. The van der Waals surface area contributed by atoms with E-state index in [0.29, 0.717) is 11.6 Å². The Morgan fingerprint density at radius 2 is 2.16 bits per heavy atom. The number of carbonyl (C=O) groups is 1. The normalized spacial score (nSPS) is 14.2. The van der Waals surface area contributed by atoms with Crippen LogP contribution in [0.25, 0.3) is 0 Å². The van der Waals surface area contributed by atoms with Crippen molar-refractivity contribution in [2.24, 2.45) is 5.92 Å². The third kappa shape index (κ3) is 3.91. The largest absolute Gasteiger partial charge is 0.369 e. The molecule has 1 fully saturated rings. The number of nitrogens with one attached hydrogen (secondary N) is 1. The standard InChI is InChI=1S/C14H22N4O/c1-3-9-15-13-8-7-12(16-17-13)14(19)18(4-2)10-11-5-6-11/h7-8,11H,3-6,9-10H2,1-2H3,(H,15,17). The van der Waals surface area contributed by atoms with Crippen molar-refractivity contribution in [3.05, 3.63) is 17.8 Å². The van der Waals surface area contributed by atoms with Gasteiger partial charge in [-0.15, -0.1) is 10.2 Å². The highest BCUT2D eigenvalue weighted by molar-refractivity contribution is 5.92. The molecular weight excluding hydrogens is 240 g/mol. The van der Waals surface area contributed by atoms with Gasteiger partial charge in [-0.3, -0.25) is 4.79 Å². The first-order valence-electron chi connectivity index (χ1n) is 7.11. The highest BCUT2D eigenvalue weighted by Crippen LogP contribution is 2.29. The molecule has 5 heteroatoms. The van der Waals surface area contributed by atoms with Crippen LogP contribution in [0.15, 0.2) is 12.1 Å². The Hall–Kier alpha value is -1.65. The van der Waals surface area contributed by atoms with Gasteiger partial charge in [0.1, 0.15) is 5.82 Å². The minimum absolute atomic E-state index is 0.0102. The van der Waals surface area contributed by atoms with E-state index in [1.807, 2.05) is 17.9 Å². The molecule has 1 aromatic rings. The fourth-order valence-corrected chi connectivity index (χ4v) is 1.92. The molecule has 1 N–H and O–H groups in total.